The van der Waals surface area contributed by atoms with Crippen LogP contribution in [-0.4, -0.2) is 129 Å². The van der Waals surface area contributed by atoms with E-state index in [4.69, 9.17) is 50.7 Å². The van der Waals surface area contributed by atoms with Gasteiger partial charge >= 0.3 is 33.4 Å². The standard InChI is InChI=1S/C34H45N13O16P2S2/c1-66-67-19(11-39-34(51)57-12-17-2-4-18(5-3-17)44-45-38)6-7-20(35)32(49)62-28-23(61-31(27(28)48)47-16-42-26-29(37)40-15-41-30(26)47)14-59-65(55,56)63-21-10-25(46-9-8-24(36)43-33(46)50)60-22(21)13-58-64(52,53)54/h2-5,8-9,15-16,19-23,25,27-28,31,48H,6-7,10-14,35H2,1H3,(H,39,51)(H,55,56)(H2,36,43,50)(H2,37,40,41)(H2,52,53,54)/t19-,20-,21+,22-,23?,25-,27?,28?,31?/m1/s1. The summed E-state index contributed by atoms with van der Waals surface area (Å²) < 4.78 is 65.3. The molecule has 1 aromatic carbocycles. The minimum atomic E-state index is -5.22. The Morgan fingerprint density at radius 1 is 1.06 bits per heavy atom. The maximum atomic E-state index is 13.6. The van der Waals surface area contributed by atoms with Gasteiger partial charge in [0.2, 0.25) is 0 Å². The van der Waals surface area contributed by atoms with Gasteiger partial charge < -0.3 is 61.3 Å². The number of rotatable bonds is 22. The summed E-state index contributed by atoms with van der Waals surface area (Å²) in [4.78, 5) is 86.7. The number of aliphatic hydroxyl groups excluding tert-OH is 1. The number of nitrogens with one attached hydrogen (secondary N) is 1. The Bertz CT molecular complexity index is 2570. The summed E-state index contributed by atoms with van der Waals surface area (Å²) >= 11 is 0. The number of nitrogen functional groups attached to an aromatic ring is 2. The minimum Gasteiger partial charge on any atom is -0.455 e. The lowest BCUT2D eigenvalue weighted by molar-refractivity contribution is -0.158. The number of ether oxygens (including phenoxy) is 4. The molecule has 2 aliphatic heterocycles. The highest BCUT2D eigenvalue weighted by atomic mass is 33.1. The van der Waals surface area contributed by atoms with Gasteiger partial charge in [-0.3, -0.25) is 27.5 Å². The van der Waals surface area contributed by atoms with E-state index in [-0.39, 0.29) is 54.0 Å². The number of alkyl carbamates (subject to hydrolysis) is 1. The van der Waals surface area contributed by atoms with Gasteiger partial charge in [0.15, 0.2) is 23.8 Å². The molecule has 2 aliphatic rings. The van der Waals surface area contributed by atoms with Crippen LogP contribution in [-0.2, 0) is 53.1 Å². The van der Waals surface area contributed by atoms with Crippen molar-refractivity contribution in [3.8, 4) is 0 Å². The second-order valence-corrected chi connectivity index (χ2v) is 19.9. The number of aromatic nitrogens is 6. The molecule has 0 bridgehead atoms. The number of hydrogen-bond acceptors (Lipinski definition) is 23. The van der Waals surface area contributed by atoms with Crippen LogP contribution in [0.25, 0.3) is 21.6 Å². The van der Waals surface area contributed by atoms with E-state index in [0.29, 0.717) is 17.7 Å². The number of phosphoric ester groups is 2. The lowest BCUT2D eigenvalue weighted by atomic mass is 10.1. The molecular weight excluding hydrogens is 973 g/mol. The molecule has 0 spiro atoms. The van der Waals surface area contributed by atoms with Crippen molar-refractivity contribution in [3.63, 3.8) is 0 Å². The van der Waals surface area contributed by atoms with Gasteiger partial charge in [-0.1, -0.05) is 51.0 Å². The van der Waals surface area contributed by atoms with Gasteiger partial charge in [0.05, 0.1) is 19.5 Å². The number of phosphoric acid groups is 2. The molecule has 4 aromatic rings. The molecule has 11 N–H and O–H groups in total. The van der Waals surface area contributed by atoms with Crippen LogP contribution in [0.1, 0.15) is 37.3 Å². The van der Waals surface area contributed by atoms with Crippen LogP contribution >= 0.6 is 37.2 Å². The van der Waals surface area contributed by atoms with Crippen LogP contribution in [0.4, 0.5) is 22.1 Å². The molecule has 33 heteroatoms. The predicted molar refractivity (Wildman–Crippen MR) is 235 cm³/mol. The van der Waals surface area contributed by atoms with E-state index in [9.17, 15) is 43.3 Å². The number of fused-ring (bicyclic) bond motifs is 1. The Morgan fingerprint density at radius 3 is 2.51 bits per heavy atom. The average Bonchev–Trinajstić information content (AvgIpc) is 3.97. The Morgan fingerprint density at radius 2 is 1.81 bits per heavy atom. The van der Waals surface area contributed by atoms with Crippen molar-refractivity contribution in [2.24, 2.45) is 10.8 Å². The van der Waals surface area contributed by atoms with Gasteiger partial charge in [-0.05, 0) is 36.3 Å². The Balaban J connectivity index is 1.10. The van der Waals surface area contributed by atoms with Crippen molar-refractivity contribution in [2.45, 2.75) is 80.1 Å². The SMILES string of the molecule is CSS[C@H](CC[C@@H](N)C(=O)OC1C(COP(=O)(O)O[C@H]2C[C@H](n3ccc(N)nc3=O)O[C@@H]2COP(=O)(O)O)OC(n2cnc3c(N)ncnc32)C1O)CNC(=O)OCc1ccc(N=[N+]=[N-])cc1. The maximum Gasteiger partial charge on any atom is 0.472 e. The Hall–Kier alpha value is -4.94. The van der Waals surface area contributed by atoms with Crippen molar-refractivity contribution in [2.75, 3.05) is 37.5 Å². The highest BCUT2D eigenvalue weighted by molar-refractivity contribution is 8.76. The van der Waals surface area contributed by atoms with E-state index in [1.807, 2.05) is 6.26 Å². The monoisotopic (exact) mass is 1020 g/mol. The van der Waals surface area contributed by atoms with Crippen LogP contribution in [0, 0.1) is 0 Å². The van der Waals surface area contributed by atoms with Crippen molar-refractivity contribution < 1.29 is 71.0 Å². The zero-order chi connectivity index (χ0) is 48.5. The number of hydrogen-bond donors (Lipinski definition) is 8. The number of carbonyl (C=O) groups is 2. The topological polar surface area (TPSA) is 431 Å². The van der Waals surface area contributed by atoms with Crippen molar-refractivity contribution in [1.29, 1.82) is 0 Å². The fourth-order valence-corrected chi connectivity index (χ4v) is 10.0. The normalized spacial score (nSPS) is 23.5. The van der Waals surface area contributed by atoms with E-state index >= 15 is 0 Å². The number of anilines is 2. The summed E-state index contributed by atoms with van der Waals surface area (Å²) in [6.07, 6.45) is -5.69. The molecule has 0 aliphatic carbocycles. The first-order valence-electron chi connectivity index (χ1n) is 19.7. The first-order chi connectivity index (χ1) is 31.8. The first-order valence-corrected chi connectivity index (χ1v) is 25.3. The molecule has 67 heavy (non-hydrogen) atoms. The molecule has 1 amide bonds. The molecule has 2 saturated heterocycles. The number of benzene rings is 1. The molecule has 10 atom stereocenters. The summed E-state index contributed by atoms with van der Waals surface area (Å²) in [7, 11) is -7.48. The predicted octanol–water partition coefficient (Wildman–Crippen LogP) is 1.67. The zero-order valence-corrected chi connectivity index (χ0v) is 38.3. The number of aliphatic hydroxyl groups is 1. The lowest BCUT2D eigenvalue weighted by Gasteiger charge is -2.25. The maximum absolute atomic E-state index is 13.6. The van der Waals surface area contributed by atoms with Gasteiger partial charge in [0.25, 0.3) is 0 Å². The summed E-state index contributed by atoms with van der Waals surface area (Å²) in [5.41, 5.74) is 26.8. The third kappa shape index (κ3) is 14.1. The smallest absolute Gasteiger partial charge is 0.455 e. The Kier molecular flexibility index (Phi) is 17.6. The zero-order valence-electron chi connectivity index (χ0n) is 34.9. The number of imidazole rings is 1. The average molecular weight is 1020 g/mol. The number of amides is 1. The third-order valence-corrected chi connectivity index (χ3v) is 13.7. The molecule has 364 valence electrons. The van der Waals surface area contributed by atoms with E-state index in [1.54, 1.807) is 24.3 Å². The second kappa shape index (κ2) is 22.9. The van der Waals surface area contributed by atoms with Crippen LogP contribution in [0.5, 0.6) is 0 Å². The molecule has 6 rings (SSSR count). The van der Waals surface area contributed by atoms with Crippen molar-refractivity contribution in [3.05, 3.63) is 75.7 Å². The molecule has 2 fully saturated rings. The summed E-state index contributed by atoms with van der Waals surface area (Å²) in [5, 5.41) is 17.5. The number of nitrogens with zero attached hydrogens (tertiary/aromatic N) is 9. The van der Waals surface area contributed by atoms with E-state index in [1.165, 1.54) is 44.7 Å². The van der Waals surface area contributed by atoms with Crippen LogP contribution in [0.3, 0.4) is 0 Å². The van der Waals surface area contributed by atoms with E-state index in [2.05, 4.69) is 39.8 Å². The Labute approximate surface area is 386 Å². The fourth-order valence-electron chi connectivity index (χ4n) is 6.73. The number of esters is 1. The second-order valence-electron chi connectivity index (χ2n) is 14.5. The van der Waals surface area contributed by atoms with Gasteiger partial charge in [0.1, 0.15) is 61.0 Å². The quantitative estimate of drug-likeness (QED) is 0.0139. The number of azide groups is 1. The van der Waals surface area contributed by atoms with Crippen LogP contribution in [0.2, 0.25) is 0 Å². The number of carbonyl (C=O) groups excluding carboxylic acids is 2. The van der Waals surface area contributed by atoms with E-state index < -0.39 is 95.6 Å². The molecule has 3 aromatic heterocycles. The molecule has 0 saturated carbocycles. The molecular formula is C34H45N13O16P2S2. The largest absolute Gasteiger partial charge is 0.472 e. The highest BCUT2D eigenvalue weighted by Gasteiger charge is 2.50. The van der Waals surface area contributed by atoms with Gasteiger partial charge in [0, 0.05) is 35.0 Å². The van der Waals surface area contributed by atoms with Crippen LogP contribution in [0.15, 0.2) is 59.1 Å². The summed E-state index contributed by atoms with van der Waals surface area (Å²) in [6.45, 7) is -1.65. The molecule has 5 heterocycles. The van der Waals surface area contributed by atoms with Crippen molar-refractivity contribution >= 4 is 77.8 Å². The van der Waals surface area contributed by atoms with Gasteiger partial charge in [-0.2, -0.15) is 4.98 Å². The summed E-state index contributed by atoms with van der Waals surface area (Å²) in [6, 6.07) is 6.43. The van der Waals surface area contributed by atoms with Gasteiger partial charge in [-0.25, -0.2) is 33.7 Å². The van der Waals surface area contributed by atoms with Crippen LogP contribution < -0.4 is 28.2 Å². The number of nitrogens with two attached hydrogens (primary N) is 3. The van der Waals surface area contributed by atoms with Gasteiger partial charge in [-0.15, -0.1) is 0 Å². The molecule has 5 unspecified atom stereocenters. The minimum absolute atomic E-state index is 0.00357. The third-order valence-electron chi connectivity index (χ3n) is 9.92. The first kappa shape index (κ1) is 51.5. The molecule has 0 radical (unpaired) electrons. The van der Waals surface area contributed by atoms with E-state index in [0.717, 1.165) is 10.9 Å². The highest BCUT2D eigenvalue weighted by Crippen LogP contribution is 2.50. The fraction of sp³-hybridized carbons (Fsp3) is 0.500. The lowest BCUT2D eigenvalue weighted by Crippen LogP contribution is -2.43. The van der Waals surface area contributed by atoms with Crippen molar-refractivity contribution in [1.82, 2.24) is 34.4 Å². The summed E-state index contributed by atoms with van der Waals surface area (Å²) in [5.74, 6) is -1.10. The molecule has 29 nitrogen and oxygen atoms in total.